The molecule has 0 saturated heterocycles. The number of halogens is 1. The molecule has 100 valence electrons. The Bertz CT molecular complexity index is 381. The zero-order chi connectivity index (χ0) is 13.0. The SMILES string of the molecule is CNC(c1cc(C)ccc1F)C1CCCCCC1. The van der Waals surface area contributed by atoms with E-state index in [1.165, 1.54) is 38.5 Å². The Balaban J connectivity index is 2.23. The molecule has 1 nitrogen and oxygen atoms in total. The van der Waals surface area contributed by atoms with E-state index in [9.17, 15) is 4.39 Å². The van der Waals surface area contributed by atoms with Gasteiger partial charge in [0, 0.05) is 11.6 Å². The van der Waals surface area contributed by atoms with E-state index >= 15 is 0 Å². The molecule has 1 aromatic rings. The highest BCUT2D eigenvalue weighted by molar-refractivity contribution is 5.27. The van der Waals surface area contributed by atoms with Crippen LogP contribution in [0.15, 0.2) is 18.2 Å². The fourth-order valence-electron chi connectivity index (χ4n) is 3.19. The van der Waals surface area contributed by atoms with Gasteiger partial charge >= 0.3 is 0 Å². The molecule has 1 aromatic carbocycles. The molecule has 1 saturated carbocycles. The van der Waals surface area contributed by atoms with Gasteiger partial charge in [-0.1, -0.05) is 43.4 Å². The lowest BCUT2D eigenvalue weighted by atomic mass is 9.86. The molecule has 2 heteroatoms. The average Bonchev–Trinajstić information content (AvgIpc) is 2.64. The van der Waals surface area contributed by atoms with Crippen LogP contribution in [0, 0.1) is 18.7 Å². The van der Waals surface area contributed by atoms with Gasteiger partial charge in [-0.15, -0.1) is 0 Å². The van der Waals surface area contributed by atoms with Gasteiger partial charge in [0.15, 0.2) is 0 Å². The zero-order valence-electron chi connectivity index (χ0n) is 11.5. The van der Waals surface area contributed by atoms with Crippen LogP contribution in [0.25, 0.3) is 0 Å². The van der Waals surface area contributed by atoms with E-state index in [2.05, 4.69) is 5.32 Å². The van der Waals surface area contributed by atoms with Gasteiger partial charge in [0.25, 0.3) is 0 Å². The molecule has 0 bridgehead atoms. The maximum absolute atomic E-state index is 14.0. The van der Waals surface area contributed by atoms with Crippen molar-refractivity contribution in [1.29, 1.82) is 0 Å². The summed E-state index contributed by atoms with van der Waals surface area (Å²) in [5, 5.41) is 3.34. The third-order valence-corrected chi connectivity index (χ3v) is 4.17. The Labute approximate surface area is 110 Å². The molecule has 0 amide bonds. The van der Waals surface area contributed by atoms with Gasteiger partial charge in [-0.3, -0.25) is 0 Å². The highest BCUT2D eigenvalue weighted by Gasteiger charge is 2.25. The summed E-state index contributed by atoms with van der Waals surface area (Å²) in [5.74, 6) is 0.512. The van der Waals surface area contributed by atoms with Crippen molar-refractivity contribution in [1.82, 2.24) is 5.32 Å². The fraction of sp³-hybridized carbons (Fsp3) is 0.625. The number of aryl methyl sites for hydroxylation is 1. The Morgan fingerprint density at radius 1 is 1.17 bits per heavy atom. The molecule has 1 aliphatic rings. The monoisotopic (exact) mass is 249 g/mol. The van der Waals surface area contributed by atoms with Gasteiger partial charge in [-0.05, 0) is 38.8 Å². The zero-order valence-corrected chi connectivity index (χ0v) is 11.5. The molecule has 0 radical (unpaired) electrons. The van der Waals surface area contributed by atoms with Crippen LogP contribution in [0.4, 0.5) is 4.39 Å². The second-order valence-electron chi connectivity index (χ2n) is 5.54. The van der Waals surface area contributed by atoms with E-state index in [1.807, 2.05) is 26.1 Å². The van der Waals surface area contributed by atoms with E-state index in [0.717, 1.165) is 11.1 Å². The van der Waals surface area contributed by atoms with Gasteiger partial charge in [0.1, 0.15) is 5.82 Å². The molecule has 0 aromatic heterocycles. The molecule has 1 fully saturated rings. The van der Waals surface area contributed by atoms with Crippen molar-refractivity contribution in [2.24, 2.45) is 5.92 Å². The summed E-state index contributed by atoms with van der Waals surface area (Å²) >= 11 is 0. The second kappa shape index (κ2) is 6.33. The molecule has 18 heavy (non-hydrogen) atoms. The first-order chi connectivity index (χ1) is 8.72. The first kappa shape index (κ1) is 13.5. The maximum Gasteiger partial charge on any atom is 0.128 e. The van der Waals surface area contributed by atoms with Crippen molar-refractivity contribution in [3.05, 3.63) is 35.1 Å². The summed E-state index contributed by atoms with van der Waals surface area (Å²) in [6, 6.07) is 5.62. The van der Waals surface area contributed by atoms with Crippen LogP contribution in [-0.4, -0.2) is 7.05 Å². The first-order valence-electron chi connectivity index (χ1n) is 7.15. The molecule has 1 aliphatic carbocycles. The van der Waals surface area contributed by atoms with Gasteiger partial charge < -0.3 is 5.32 Å². The molecule has 2 rings (SSSR count). The summed E-state index contributed by atoms with van der Waals surface area (Å²) < 4.78 is 14.0. The largest absolute Gasteiger partial charge is 0.313 e. The highest BCUT2D eigenvalue weighted by Crippen LogP contribution is 2.34. The minimum atomic E-state index is -0.0656. The van der Waals surface area contributed by atoms with Crippen LogP contribution in [0.1, 0.15) is 55.7 Å². The standard InChI is InChI=1S/C16H24FN/c1-12-9-10-15(17)14(11-12)16(18-2)13-7-5-3-4-6-8-13/h9-11,13,16,18H,3-8H2,1-2H3. The van der Waals surface area contributed by atoms with Crippen molar-refractivity contribution >= 4 is 0 Å². The molecule has 0 aliphatic heterocycles. The molecule has 1 N–H and O–H groups in total. The minimum Gasteiger partial charge on any atom is -0.313 e. The lowest BCUT2D eigenvalue weighted by Gasteiger charge is -2.27. The van der Waals surface area contributed by atoms with Crippen LogP contribution >= 0.6 is 0 Å². The fourth-order valence-corrected chi connectivity index (χ4v) is 3.19. The number of rotatable bonds is 3. The van der Waals surface area contributed by atoms with Crippen LogP contribution in [-0.2, 0) is 0 Å². The quantitative estimate of drug-likeness (QED) is 0.785. The van der Waals surface area contributed by atoms with E-state index < -0.39 is 0 Å². The Morgan fingerprint density at radius 2 is 1.83 bits per heavy atom. The summed E-state index contributed by atoms with van der Waals surface area (Å²) in [5.41, 5.74) is 1.99. The number of benzene rings is 1. The smallest absolute Gasteiger partial charge is 0.128 e. The van der Waals surface area contributed by atoms with Gasteiger partial charge in [-0.2, -0.15) is 0 Å². The van der Waals surface area contributed by atoms with Crippen LogP contribution in [0.2, 0.25) is 0 Å². The molecular formula is C16H24FN. The normalized spacial score (nSPS) is 19.5. The molecule has 1 atom stereocenters. The summed E-state index contributed by atoms with van der Waals surface area (Å²) in [7, 11) is 1.96. The molecule has 1 unspecified atom stereocenters. The predicted molar refractivity (Wildman–Crippen MR) is 74.1 cm³/mol. The predicted octanol–water partition coefficient (Wildman–Crippen LogP) is 4.37. The van der Waals surface area contributed by atoms with Crippen molar-refractivity contribution < 1.29 is 4.39 Å². The topological polar surface area (TPSA) is 12.0 Å². The van der Waals surface area contributed by atoms with Gasteiger partial charge in [0.05, 0.1) is 0 Å². The third kappa shape index (κ3) is 3.11. The van der Waals surface area contributed by atoms with Gasteiger partial charge in [0.2, 0.25) is 0 Å². The number of hydrogen-bond acceptors (Lipinski definition) is 1. The van der Waals surface area contributed by atoms with Crippen LogP contribution < -0.4 is 5.32 Å². The third-order valence-electron chi connectivity index (χ3n) is 4.17. The van der Waals surface area contributed by atoms with E-state index in [-0.39, 0.29) is 11.9 Å². The average molecular weight is 249 g/mol. The first-order valence-corrected chi connectivity index (χ1v) is 7.15. The lowest BCUT2D eigenvalue weighted by molar-refractivity contribution is 0.333. The minimum absolute atomic E-state index is 0.0656. The van der Waals surface area contributed by atoms with E-state index in [4.69, 9.17) is 0 Å². The van der Waals surface area contributed by atoms with Crippen molar-refractivity contribution in [2.75, 3.05) is 7.05 Å². The van der Waals surface area contributed by atoms with Crippen LogP contribution in [0.5, 0.6) is 0 Å². The van der Waals surface area contributed by atoms with Crippen molar-refractivity contribution in [3.8, 4) is 0 Å². The van der Waals surface area contributed by atoms with Crippen LogP contribution in [0.3, 0.4) is 0 Å². The summed E-state index contributed by atoms with van der Waals surface area (Å²) in [4.78, 5) is 0. The van der Waals surface area contributed by atoms with Crippen molar-refractivity contribution in [3.63, 3.8) is 0 Å². The lowest BCUT2D eigenvalue weighted by Crippen LogP contribution is -2.26. The number of nitrogens with one attached hydrogen (secondary N) is 1. The Hall–Kier alpha value is -0.890. The van der Waals surface area contributed by atoms with E-state index in [1.54, 1.807) is 6.07 Å². The highest BCUT2D eigenvalue weighted by atomic mass is 19.1. The molecular weight excluding hydrogens is 225 g/mol. The van der Waals surface area contributed by atoms with Gasteiger partial charge in [-0.25, -0.2) is 4.39 Å². The molecule has 0 heterocycles. The molecule has 0 spiro atoms. The maximum atomic E-state index is 14.0. The second-order valence-corrected chi connectivity index (χ2v) is 5.54. The summed E-state index contributed by atoms with van der Waals surface area (Å²) in [6.45, 7) is 2.03. The van der Waals surface area contributed by atoms with E-state index in [0.29, 0.717) is 5.92 Å². The Kier molecular flexibility index (Phi) is 4.76. The number of hydrogen-bond donors (Lipinski definition) is 1. The summed E-state index contributed by atoms with van der Waals surface area (Å²) in [6.07, 6.45) is 7.69. The van der Waals surface area contributed by atoms with Crippen molar-refractivity contribution in [2.45, 2.75) is 51.5 Å². The Morgan fingerprint density at radius 3 is 2.44 bits per heavy atom.